The Balaban J connectivity index is 1.62. The summed E-state index contributed by atoms with van der Waals surface area (Å²) in [6, 6.07) is 4.78. The molecule has 0 bridgehead atoms. The van der Waals surface area contributed by atoms with Crippen LogP contribution in [0.1, 0.15) is 16.1 Å². The zero-order valence-corrected chi connectivity index (χ0v) is 14.5. The molecule has 2 heterocycles. The molecule has 5 nitrogen and oxygen atoms in total. The minimum Gasteiger partial charge on any atom is -0.379 e. The number of nitrogens with one attached hydrogen (secondary N) is 1. The van der Waals surface area contributed by atoms with Crippen LogP contribution in [-0.2, 0) is 11.3 Å². The lowest BCUT2D eigenvalue weighted by Gasteiger charge is -2.25. The van der Waals surface area contributed by atoms with E-state index in [-0.39, 0.29) is 5.91 Å². The Labute approximate surface area is 148 Å². The number of thiazole rings is 1. The zero-order chi connectivity index (χ0) is 16.2. The van der Waals surface area contributed by atoms with Crippen LogP contribution in [0.3, 0.4) is 0 Å². The van der Waals surface area contributed by atoms with Crippen molar-refractivity contribution in [2.45, 2.75) is 6.54 Å². The van der Waals surface area contributed by atoms with Crippen molar-refractivity contribution in [1.29, 1.82) is 0 Å². The van der Waals surface area contributed by atoms with Gasteiger partial charge < -0.3 is 4.74 Å². The Morgan fingerprint density at radius 1 is 1.35 bits per heavy atom. The van der Waals surface area contributed by atoms with Gasteiger partial charge in [0, 0.05) is 30.0 Å². The lowest BCUT2D eigenvalue weighted by Crippen LogP contribution is -2.35. The second-order valence-electron chi connectivity index (χ2n) is 5.11. The predicted molar refractivity (Wildman–Crippen MR) is 92.6 cm³/mol. The van der Waals surface area contributed by atoms with Crippen LogP contribution in [0.25, 0.3) is 0 Å². The number of carbonyl (C=O) groups is 1. The molecular formula is C15H15Cl2N3O2S. The van der Waals surface area contributed by atoms with Crippen LogP contribution >= 0.6 is 34.5 Å². The van der Waals surface area contributed by atoms with Crippen molar-refractivity contribution in [2.24, 2.45) is 0 Å². The summed E-state index contributed by atoms with van der Waals surface area (Å²) >= 11 is 13.3. The van der Waals surface area contributed by atoms with Gasteiger partial charge in [0.25, 0.3) is 5.91 Å². The number of nitrogens with zero attached hydrogens (tertiary/aromatic N) is 2. The molecule has 1 N–H and O–H groups in total. The number of ether oxygens (including phenoxy) is 1. The minimum absolute atomic E-state index is 0.293. The summed E-state index contributed by atoms with van der Waals surface area (Å²) in [5, 5.41) is 6.10. The third-order valence-corrected chi connectivity index (χ3v) is 4.79. The van der Waals surface area contributed by atoms with Gasteiger partial charge in [-0.15, -0.1) is 11.3 Å². The smallest absolute Gasteiger partial charge is 0.258 e. The summed E-state index contributed by atoms with van der Waals surface area (Å²) in [7, 11) is 0. The van der Waals surface area contributed by atoms with Gasteiger partial charge >= 0.3 is 0 Å². The Morgan fingerprint density at radius 3 is 2.87 bits per heavy atom. The number of morpholine rings is 1. The van der Waals surface area contributed by atoms with Gasteiger partial charge in [-0.3, -0.25) is 15.0 Å². The Morgan fingerprint density at radius 2 is 2.13 bits per heavy atom. The van der Waals surface area contributed by atoms with Gasteiger partial charge in [-0.1, -0.05) is 23.2 Å². The number of halogens is 2. The molecule has 2 aromatic rings. The van der Waals surface area contributed by atoms with Gasteiger partial charge in [0.1, 0.15) is 0 Å². The lowest BCUT2D eigenvalue weighted by molar-refractivity contribution is 0.0337. The van der Waals surface area contributed by atoms with Gasteiger partial charge in [0.15, 0.2) is 5.13 Å². The standard InChI is InChI=1S/C15H15Cl2N3O2S/c16-10-1-2-12(13(17)7-10)14(21)19-15-18-11(9-23-15)8-20-3-5-22-6-4-20/h1-2,7,9H,3-6,8H2,(H,18,19,21). The highest BCUT2D eigenvalue weighted by molar-refractivity contribution is 7.14. The molecule has 23 heavy (non-hydrogen) atoms. The highest BCUT2D eigenvalue weighted by Crippen LogP contribution is 2.23. The predicted octanol–water partition coefficient (Wildman–Crippen LogP) is 3.53. The molecule has 8 heteroatoms. The first-order valence-electron chi connectivity index (χ1n) is 7.13. The monoisotopic (exact) mass is 371 g/mol. The average Bonchev–Trinajstić information content (AvgIpc) is 2.95. The van der Waals surface area contributed by atoms with E-state index in [9.17, 15) is 4.79 Å². The summed E-state index contributed by atoms with van der Waals surface area (Å²) in [6.45, 7) is 4.07. The molecule has 1 aliphatic heterocycles. The third kappa shape index (κ3) is 4.43. The summed E-state index contributed by atoms with van der Waals surface area (Å²) in [5.41, 5.74) is 1.32. The van der Waals surface area contributed by atoms with Gasteiger partial charge in [-0.2, -0.15) is 0 Å². The lowest BCUT2D eigenvalue weighted by atomic mass is 10.2. The van der Waals surface area contributed by atoms with Crippen molar-refractivity contribution in [2.75, 3.05) is 31.6 Å². The van der Waals surface area contributed by atoms with Crippen LogP contribution in [0.2, 0.25) is 10.0 Å². The van der Waals surface area contributed by atoms with Gasteiger partial charge in [0.2, 0.25) is 0 Å². The van der Waals surface area contributed by atoms with Crippen molar-refractivity contribution in [3.8, 4) is 0 Å². The molecule has 0 spiro atoms. The van der Waals surface area contributed by atoms with Crippen LogP contribution < -0.4 is 5.32 Å². The number of amides is 1. The SMILES string of the molecule is O=C(Nc1nc(CN2CCOCC2)cs1)c1ccc(Cl)cc1Cl. The molecule has 1 aromatic carbocycles. The first-order valence-corrected chi connectivity index (χ1v) is 8.76. The topological polar surface area (TPSA) is 54.5 Å². The molecule has 0 aliphatic carbocycles. The van der Waals surface area contributed by atoms with Gasteiger partial charge in [0.05, 0.1) is 29.5 Å². The van der Waals surface area contributed by atoms with E-state index < -0.39 is 0 Å². The number of hydrogen-bond acceptors (Lipinski definition) is 5. The highest BCUT2D eigenvalue weighted by atomic mass is 35.5. The molecule has 1 amide bonds. The molecular weight excluding hydrogens is 357 g/mol. The van der Waals surface area contributed by atoms with Crippen LogP contribution in [0, 0.1) is 0 Å². The van der Waals surface area contributed by atoms with Gasteiger partial charge in [-0.05, 0) is 18.2 Å². The van der Waals surface area contributed by atoms with Crippen LogP contribution in [0.5, 0.6) is 0 Å². The molecule has 1 aromatic heterocycles. The fourth-order valence-electron chi connectivity index (χ4n) is 2.26. The van der Waals surface area contributed by atoms with E-state index in [0.29, 0.717) is 20.7 Å². The normalized spacial score (nSPS) is 15.6. The fraction of sp³-hybridized carbons (Fsp3) is 0.333. The maximum absolute atomic E-state index is 12.2. The molecule has 0 atom stereocenters. The number of rotatable bonds is 4. The summed E-state index contributed by atoms with van der Waals surface area (Å²) < 4.78 is 5.33. The minimum atomic E-state index is -0.293. The van der Waals surface area contributed by atoms with E-state index in [1.54, 1.807) is 18.2 Å². The molecule has 1 aliphatic rings. The summed E-state index contributed by atoms with van der Waals surface area (Å²) in [6.07, 6.45) is 0. The third-order valence-electron chi connectivity index (χ3n) is 3.44. The van der Waals surface area contributed by atoms with Gasteiger partial charge in [-0.25, -0.2) is 4.98 Å². The van der Waals surface area contributed by atoms with Crippen LogP contribution in [0.4, 0.5) is 5.13 Å². The van der Waals surface area contributed by atoms with E-state index >= 15 is 0 Å². The van der Waals surface area contributed by atoms with Crippen molar-refractivity contribution < 1.29 is 9.53 Å². The van der Waals surface area contributed by atoms with Crippen LogP contribution in [-0.4, -0.2) is 42.1 Å². The summed E-state index contributed by atoms with van der Waals surface area (Å²) in [4.78, 5) is 19.0. The maximum Gasteiger partial charge on any atom is 0.258 e. The number of hydrogen-bond donors (Lipinski definition) is 1. The van der Waals surface area contributed by atoms with E-state index in [1.165, 1.54) is 11.3 Å². The molecule has 3 rings (SSSR count). The second-order valence-corrected chi connectivity index (χ2v) is 6.81. The molecule has 1 saturated heterocycles. The first kappa shape index (κ1) is 16.7. The summed E-state index contributed by atoms with van der Waals surface area (Å²) in [5.74, 6) is -0.293. The van der Waals surface area contributed by atoms with Crippen molar-refractivity contribution in [3.05, 3.63) is 44.9 Å². The average molecular weight is 372 g/mol. The van der Waals surface area contributed by atoms with E-state index in [2.05, 4.69) is 15.2 Å². The second kappa shape index (κ2) is 7.59. The van der Waals surface area contributed by atoms with E-state index in [4.69, 9.17) is 27.9 Å². The molecule has 0 unspecified atom stereocenters. The number of carbonyl (C=O) groups excluding carboxylic acids is 1. The van der Waals surface area contributed by atoms with Crippen molar-refractivity contribution in [3.63, 3.8) is 0 Å². The quantitative estimate of drug-likeness (QED) is 0.892. The highest BCUT2D eigenvalue weighted by Gasteiger charge is 2.15. The Bertz CT molecular complexity index is 702. The Hall–Kier alpha value is -1.18. The largest absolute Gasteiger partial charge is 0.379 e. The molecule has 0 radical (unpaired) electrons. The van der Waals surface area contributed by atoms with Crippen molar-refractivity contribution in [1.82, 2.24) is 9.88 Å². The molecule has 0 saturated carbocycles. The van der Waals surface area contributed by atoms with Crippen LogP contribution in [0.15, 0.2) is 23.6 Å². The molecule has 1 fully saturated rings. The molecule has 122 valence electrons. The Kier molecular flexibility index (Phi) is 5.50. The maximum atomic E-state index is 12.2. The number of anilines is 1. The zero-order valence-electron chi connectivity index (χ0n) is 12.2. The van der Waals surface area contributed by atoms with Crippen molar-refractivity contribution >= 4 is 45.6 Å². The first-order chi connectivity index (χ1) is 11.1. The van der Waals surface area contributed by atoms with E-state index in [0.717, 1.165) is 38.5 Å². The fourth-order valence-corrected chi connectivity index (χ4v) is 3.45. The number of aromatic nitrogens is 1. The number of benzene rings is 1. The van der Waals surface area contributed by atoms with E-state index in [1.807, 2.05) is 5.38 Å².